The number of hydrogen-bond donors (Lipinski definition) is 2. The average molecular weight is 276 g/mol. The van der Waals surface area contributed by atoms with E-state index in [-0.39, 0.29) is 0 Å². The maximum atomic E-state index is 11.5. The minimum Gasteiger partial charge on any atom is -0.480 e. The molecule has 2 rings (SSSR count). The maximum absolute atomic E-state index is 11.5. The zero-order valence-corrected chi connectivity index (χ0v) is 12.5. The van der Waals surface area contributed by atoms with Gasteiger partial charge in [-0.25, -0.2) is 0 Å². The molecule has 1 aliphatic rings. The third-order valence-corrected chi connectivity index (χ3v) is 3.96. The molecule has 0 amide bonds. The minimum absolute atomic E-state index is 0.389. The molecule has 0 spiro atoms. The summed E-state index contributed by atoms with van der Waals surface area (Å²) in [4.78, 5) is 13.6. The Morgan fingerprint density at radius 1 is 1.50 bits per heavy atom. The number of rotatable bonds is 7. The number of anilines is 1. The molecule has 2 N–H and O–H groups in total. The van der Waals surface area contributed by atoms with Gasteiger partial charge >= 0.3 is 5.97 Å². The number of benzene rings is 1. The lowest BCUT2D eigenvalue weighted by molar-refractivity contribution is -0.144. The second-order valence-electron chi connectivity index (χ2n) is 6.07. The quantitative estimate of drug-likeness (QED) is 0.803. The van der Waals surface area contributed by atoms with Crippen LogP contribution >= 0.6 is 0 Å². The highest BCUT2D eigenvalue weighted by atomic mass is 16.4. The Morgan fingerprint density at radius 3 is 2.75 bits per heavy atom. The van der Waals surface area contributed by atoms with Crippen molar-refractivity contribution in [3.63, 3.8) is 0 Å². The van der Waals surface area contributed by atoms with E-state index in [0.29, 0.717) is 19.0 Å². The Bertz CT molecular complexity index is 485. The number of aliphatic carboxylic acids is 1. The Morgan fingerprint density at radius 2 is 2.20 bits per heavy atom. The summed E-state index contributed by atoms with van der Waals surface area (Å²) in [7, 11) is 2.01. The lowest BCUT2D eigenvalue weighted by Crippen LogP contribution is -2.52. The first-order chi connectivity index (χ1) is 9.40. The first kappa shape index (κ1) is 14.9. The Balaban J connectivity index is 1.96. The van der Waals surface area contributed by atoms with E-state index in [1.807, 2.05) is 13.1 Å². The van der Waals surface area contributed by atoms with Gasteiger partial charge in [0.1, 0.15) is 5.54 Å². The van der Waals surface area contributed by atoms with Crippen LogP contribution < -0.4 is 10.2 Å². The van der Waals surface area contributed by atoms with Crippen LogP contribution in [0.4, 0.5) is 5.69 Å². The van der Waals surface area contributed by atoms with E-state index in [4.69, 9.17) is 0 Å². The summed E-state index contributed by atoms with van der Waals surface area (Å²) < 4.78 is 0. The molecule has 1 aromatic rings. The molecule has 0 radical (unpaired) electrons. The van der Waals surface area contributed by atoms with Gasteiger partial charge in [0.2, 0.25) is 0 Å². The minimum atomic E-state index is -0.834. The molecule has 110 valence electrons. The van der Waals surface area contributed by atoms with E-state index < -0.39 is 11.5 Å². The van der Waals surface area contributed by atoms with Crippen LogP contribution in [0.3, 0.4) is 0 Å². The summed E-state index contributed by atoms with van der Waals surface area (Å²) in [5.41, 5.74) is 1.51. The number of nitrogens with zero attached hydrogens (tertiary/aromatic N) is 1. The fraction of sp³-hybridized carbons (Fsp3) is 0.562. The van der Waals surface area contributed by atoms with Crippen LogP contribution in [0, 0.1) is 6.92 Å². The Hall–Kier alpha value is -1.55. The maximum Gasteiger partial charge on any atom is 0.323 e. The van der Waals surface area contributed by atoms with Crippen molar-refractivity contribution in [2.45, 2.75) is 44.7 Å². The van der Waals surface area contributed by atoms with Gasteiger partial charge in [-0.05, 0) is 50.8 Å². The van der Waals surface area contributed by atoms with Gasteiger partial charge in [0.25, 0.3) is 0 Å². The largest absolute Gasteiger partial charge is 0.480 e. The number of hydrogen-bond acceptors (Lipinski definition) is 3. The number of aryl methyl sites for hydroxylation is 1. The molecule has 0 bridgehead atoms. The highest BCUT2D eigenvalue weighted by Gasteiger charge is 2.38. The van der Waals surface area contributed by atoms with E-state index in [9.17, 15) is 9.90 Å². The fourth-order valence-corrected chi connectivity index (χ4v) is 2.30. The van der Waals surface area contributed by atoms with Gasteiger partial charge < -0.3 is 10.0 Å². The molecule has 1 fully saturated rings. The van der Waals surface area contributed by atoms with Gasteiger partial charge in [-0.1, -0.05) is 12.1 Å². The first-order valence-corrected chi connectivity index (χ1v) is 7.19. The Labute approximate surface area is 120 Å². The molecule has 4 nitrogen and oxygen atoms in total. The molecule has 1 saturated carbocycles. The van der Waals surface area contributed by atoms with Gasteiger partial charge in [-0.15, -0.1) is 0 Å². The third kappa shape index (κ3) is 3.73. The van der Waals surface area contributed by atoms with Crippen molar-refractivity contribution >= 4 is 11.7 Å². The van der Waals surface area contributed by atoms with Gasteiger partial charge in [0.15, 0.2) is 0 Å². The van der Waals surface area contributed by atoms with Crippen molar-refractivity contribution in [1.82, 2.24) is 5.32 Å². The second kappa shape index (κ2) is 5.83. The first-order valence-electron chi connectivity index (χ1n) is 7.19. The second-order valence-corrected chi connectivity index (χ2v) is 6.07. The molecule has 1 unspecified atom stereocenters. The third-order valence-electron chi connectivity index (χ3n) is 3.96. The molecular formula is C16H24N2O2. The van der Waals surface area contributed by atoms with E-state index in [1.165, 1.54) is 5.56 Å². The SMILES string of the molecule is Cc1cccc(N(C)CCC(C)(NC2CC2)C(=O)O)c1. The molecular weight excluding hydrogens is 252 g/mol. The van der Waals surface area contributed by atoms with Gasteiger partial charge in [-0.2, -0.15) is 0 Å². The highest BCUT2D eigenvalue weighted by Crippen LogP contribution is 2.25. The summed E-state index contributed by atoms with van der Waals surface area (Å²) in [5.74, 6) is -0.762. The van der Waals surface area contributed by atoms with Crippen molar-refractivity contribution in [2.24, 2.45) is 0 Å². The standard InChI is InChI=1S/C16H24N2O2/c1-12-5-4-6-14(11-12)18(3)10-9-16(2,15(19)20)17-13-7-8-13/h4-6,11,13,17H,7-10H2,1-3H3,(H,19,20). The molecule has 1 aliphatic carbocycles. The smallest absolute Gasteiger partial charge is 0.323 e. The molecule has 0 saturated heterocycles. The van der Waals surface area contributed by atoms with Crippen molar-refractivity contribution in [3.8, 4) is 0 Å². The molecule has 1 atom stereocenters. The molecule has 20 heavy (non-hydrogen) atoms. The number of carboxylic acids is 1. The molecule has 4 heteroatoms. The Kier molecular flexibility index (Phi) is 4.33. The van der Waals surface area contributed by atoms with E-state index in [2.05, 4.69) is 35.3 Å². The summed E-state index contributed by atoms with van der Waals surface area (Å²) in [6.07, 6.45) is 2.77. The fourth-order valence-electron chi connectivity index (χ4n) is 2.30. The van der Waals surface area contributed by atoms with E-state index in [1.54, 1.807) is 6.92 Å². The van der Waals surface area contributed by atoms with Crippen molar-refractivity contribution in [1.29, 1.82) is 0 Å². The highest BCUT2D eigenvalue weighted by molar-refractivity contribution is 5.78. The van der Waals surface area contributed by atoms with Crippen molar-refractivity contribution in [2.75, 3.05) is 18.5 Å². The summed E-state index contributed by atoms with van der Waals surface area (Å²) in [6.45, 7) is 4.57. The van der Waals surface area contributed by atoms with Crippen molar-refractivity contribution in [3.05, 3.63) is 29.8 Å². The van der Waals surface area contributed by atoms with E-state index in [0.717, 1.165) is 18.5 Å². The molecule has 0 aromatic heterocycles. The normalized spacial score (nSPS) is 17.6. The molecule has 1 aromatic carbocycles. The average Bonchev–Trinajstić information content (AvgIpc) is 3.19. The van der Waals surface area contributed by atoms with Crippen LogP contribution in [-0.2, 0) is 4.79 Å². The summed E-state index contributed by atoms with van der Waals surface area (Å²) in [5, 5.41) is 12.7. The summed E-state index contributed by atoms with van der Waals surface area (Å²) >= 11 is 0. The lowest BCUT2D eigenvalue weighted by atomic mass is 9.97. The van der Waals surface area contributed by atoms with E-state index >= 15 is 0 Å². The zero-order valence-electron chi connectivity index (χ0n) is 12.5. The molecule has 0 heterocycles. The topological polar surface area (TPSA) is 52.6 Å². The molecule has 0 aliphatic heterocycles. The number of nitrogens with one attached hydrogen (secondary N) is 1. The van der Waals surface area contributed by atoms with Gasteiger partial charge in [0.05, 0.1) is 0 Å². The lowest BCUT2D eigenvalue weighted by Gasteiger charge is -2.29. The van der Waals surface area contributed by atoms with Gasteiger partial charge in [0, 0.05) is 25.3 Å². The zero-order chi connectivity index (χ0) is 14.8. The van der Waals surface area contributed by atoms with Crippen LogP contribution in [0.15, 0.2) is 24.3 Å². The predicted octanol–water partition coefficient (Wildman–Crippen LogP) is 2.42. The predicted molar refractivity (Wildman–Crippen MR) is 81.3 cm³/mol. The van der Waals surface area contributed by atoms with Crippen LogP contribution in [0.1, 0.15) is 31.7 Å². The van der Waals surface area contributed by atoms with Crippen LogP contribution in [0.5, 0.6) is 0 Å². The van der Waals surface area contributed by atoms with Crippen LogP contribution in [-0.4, -0.2) is 36.2 Å². The monoisotopic (exact) mass is 276 g/mol. The van der Waals surface area contributed by atoms with Crippen molar-refractivity contribution < 1.29 is 9.90 Å². The number of carboxylic acid groups (broad SMARTS) is 1. The van der Waals surface area contributed by atoms with Gasteiger partial charge in [-0.3, -0.25) is 10.1 Å². The summed E-state index contributed by atoms with van der Waals surface area (Å²) in [6, 6.07) is 8.65. The van der Waals surface area contributed by atoms with Crippen LogP contribution in [0.25, 0.3) is 0 Å². The number of carbonyl (C=O) groups is 1. The van der Waals surface area contributed by atoms with Crippen LogP contribution in [0.2, 0.25) is 0 Å².